The summed E-state index contributed by atoms with van der Waals surface area (Å²) in [5, 5.41) is 11.3. The van der Waals surface area contributed by atoms with Crippen molar-refractivity contribution >= 4 is 39.6 Å². The number of pyridine rings is 1. The number of aromatic nitrogens is 1. The summed E-state index contributed by atoms with van der Waals surface area (Å²) in [7, 11) is 0. The first-order chi connectivity index (χ1) is 10.0. The van der Waals surface area contributed by atoms with E-state index in [2.05, 4.69) is 26.2 Å². The number of nitrogens with one attached hydrogen (secondary N) is 1. The number of amides is 1. The second kappa shape index (κ2) is 6.81. The van der Waals surface area contributed by atoms with E-state index >= 15 is 0 Å². The molecule has 0 radical (unpaired) electrons. The molecule has 2 aromatic rings. The molecule has 1 aromatic heterocycles. The van der Waals surface area contributed by atoms with Gasteiger partial charge in [0.05, 0.1) is 0 Å². The standard InChI is InChI=1S/C15H11BrN2O3/c16-11-4-7-13(17-9-11)15(21)18-12-5-1-10(2-6-12)3-8-14(19)20/h1-9H,(H,18,21)(H,19,20). The van der Waals surface area contributed by atoms with Crippen LogP contribution in [0.5, 0.6) is 0 Å². The number of rotatable bonds is 4. The molecule has 6 heteroatoms. The van der Waals surface area contributed by atoms with Crippen molar-refractivity contribution in [3.63, 3.8) is 0 Å². The number of anilines is 1. The van der Waals surface area contributed by atoms with Crippen molar-refractivity contribution in [3.8, 4) is 0 Å². The van der Waals surface area contributed by atoms with Gasteiger partial charge in [0.1, 0.15) is 5.69 Å². The highest BCUT2D eigenvalue weighted by atomic mass is 79.9. The second-order valence-corrected chi connectivity index (χ2v) is 5.03. The van der Waals surface area contributed by atoms with Gasteiger partial charge >= 0.3 is 5.97 Å². The van der Waals surface area contributed by atoms with Crippen molar-refractivity contribution in [2.75, 3.05) is 5.32 Å². The van der Waals surface area contributed by atoms with E-state index in [1.807, 2.05) is 0 Å². The fraction of sp³-hybridized carbons (Fsp3) is 0. The lowest BCUT2D eigenvalue weighted by Crippen LogP contribution is -2.13. The topological polar surface area (TPSA) is 79.3 Å². The lowest BCUT2D eigenvalue weighted by atomic mass is 10.2. The smallest absolute Gasteiger partial charge is 0.328 e. The lowest BCUT2D eigenvalue weighted by Gasteiger charge is -2.05. The van der Waals surface area contributed by atoms with Gasteiger partial charge in [0.2, 0.25) is 0 Å². The SMILES string of the molecule is O=C(O)C=Cc1ccc(NC(=O)c2ccc(Br)cn2)cc1. The minimum absolute atomic E-state index is 0.309. The first-order valence-electron chi connectivity index (χ1n) is 5.98. The van der Waals surface area contributed by atoms with E-state index < -0.39 is 5.97 Å². The van der Waals surface area contributed by atoms with Crippen LogP contribution in [-0.4, -0.2) is 22.0 Å². The normalized spacial score (nSPS) is 10.5. The fourth-order valence-electron chi connectivity index (χ4n) is 1.55. The van der Waals surface area contributed by atoms with Crippen LogP contribution in [0.4, 0.5) is 5.69 Å². The molecule has 2 N–H and O–H groups in total. The van der Waals surface area contributed by atoms with Gasteiger partial charge < -0.3 is 10.4 Å². The van der Waals surface area contributed by atoms with Crippen LogP contribution in [0, 0.1) is 0 Å². The average molecular weight is 347 g/mol. The third-order valence-electron chi connectivity index (χ3n) is 2.55. The van der Waals surface area contributed by atoms with Gasteiger partial charge in [-0.3, -0.25) is 4.79 Å². The van der Waals surface area contributed by atoms with Crippen LogP contribution in [0.25, 0.3) is 6.08 Å². The molecule has 0 aliphatic heterocycles. The molecular weight excluding hydrogens is 336 g/mol. The van der Waals surface area contributed by atoms with E-state index in [9.17, 15) is 9.59 Å². The maximum atomic E-state index is 11.9. The van der Waals surface area contributed by atoms with Gasteiger partial charge in [-0.2, -0.15) is 0 Å². The molecule has 0 aliphatic rings. The van der Waals surface area contributed by atoms with Crippen molar-refractivity contribution in [1.29, 1.82) is 0 Å². The Kier molecular flexibility index (Phi) is 4.84. The largest absolute Gasteiger partial charge is 0.478 e. The monoisotopic (exact) mass is 346 g/mol. The molecule has 2 rings (SSSR count). The Morgan fingerprint density at radius 1 is 1.14 bits per heavy atom. The van der Waals surface area contributed by atoms with E-state index in [0.717, 1.165) is 16.1 Å². The number of carboxylic acids is 1. The number of carbonyl (C=O) groups is 2. The number of halogens is 1. The van der Waals surface area contributed by atoms with Crippen LogP contribution < -0.4 is 5.32 Å². The molecule has 5 nitrogen and oxygen atoms in total. The third kappa shape index (κ3) is 4.54. The molecule has 21 heavy (non-hydrogen) atoms. The highest BCUT2D eigenvalue weighted by Gasteiger charge is 2.07. The van der Waals surface area contributed by atoms with Crippen molar-refractivity contribution < 1.29 is 14.7 Å². The van der Waals surface area contributed by atoms with Crippen LogP contribution in [0.3, 0.4) is 0 Å². The Hall–Kier alpha value is -2.47. The van der Waals surface area contributed by atoms with Crippen LogP contribution in [-0.2, 0) is 4.79 Å². The fourth-order valence-corrected chi connectivity index (χ4v) is 1.78. The van der Waals surface area contributed by atoms with Crippen molar-refractivity contribution in [2.45, 2.75) is 0 Å². The molecule has 1 aromatic carbocycles. The molecule has 0 bridgehead atoms. The number of carboxylic acid groups (broad SMARTS) is 1. The molecule has 0 spiro atoms. The number of carbonyl (C=O) groups excluding carboxylic acids is 1. The highest BCUT2D eigenvalue weighted by molar-refractivity contribution is 9.10. The van der Waals surface area contributed by atoms with Crippen molar-refractivity contribution in [1.82, 2.24) is 4.98 Å². The maximum Gasteiger partial charge on any atom is 0.328 e. The van der Waals surface area contributed by atoms with E-state index in [-0.39, 0.29) is 5.91 Å². The summed E-state index contributed by atoms with van der Waals surface area (Å²) in [5.74, 6) is -1.31. The Morgan fingerprint density at radius 2 is 1.86 bits per heavy atom. The predicted molar refractivity (Wildman–Crippen MR) is 83.0 cm³/mol. The quantitative estimate of drug-likeness (QED) is 0.833. The van der Waals surface area contributed by atoms with Crippen molar-refractivity contribution in [2.24, 2.45) is 0 Å². The van der Waals surface area contributed by atoms with E-state index in [1.54, 1.807) is 42.6 Å². The van der Waals surface area contributed by atoms with Crippen LogP contribution in [0.1, 0.15) is 16.1 Å². The molecule has 0 saturated heterocycles. The van der Waals surface area contributed by atoms with Crippen LogP contribution in [0.2, 0.25) is 0 Å². The number of benzene rings is 1. The number of hydrogen-bond donors (Lipinski definition) is 2. The molecule has 0 aliphatic carbocycles. The molecule has 0 saturated carbocycles. The van der Waals surface area contributed by atoms with Gasteiger partial charge in [-0.25, -0.2) is 9.78 Å². The molecule has 1 amide bonds. The Labute approximate surface area is 129 Å². The van der Waals surface area contributed by atoms with Gasteiger partial charge in [0.25, 0.3) is 5.91 Å². The van der Waals surface area contributed by atoms with Gasteiger partial charge in [0.15, 0.2) is 0 Å². The number of aliphatic carboxylic acids is 1. The average Bonchev–Trinajstić information content (AvgIpc) is 2.47. The summed E-state index contributed by atoms with van der Waals surface area (Å²) in [6, 6.07) is 10.2. The van der Waals surface area contributed by atoms with Crippen LogP contribution in [0.15, 0.2) is 53.1 Å². The Balaban J connectivity index is 2.04. The number of nitrogens with zero attached hydrogens (tertiary/aromatic N) is 1. The van der Waals surface area contributed by atoms with Gasteiger partial charge in [0, 0.05) is 22.4 Å². The zero-order valence-electron chi connectivity index (χ0n) is 10.8. The van der Waals surface area contributed by atoms with E-state index in [0.29, 0.717) is 11.4 Å². The summed E-state index contributed by atoms with van der Waals surface area (Å²) in [6.07, 6.45) is 4.08. The van der Waals surface area contributed by atoms with E-state index in [4.69, 9.17) is 5.11 Å². The molecule has 106 valence electrons. The second-order valence-electron chi connectivity index (χ2n) is 4.11. The first-order valence-corrected chi connectivity index (χ1v) is 6.78. The summed E-state index contributed by atoms with van der Waals surface area (Å²) >= 11 is 3.25. The zero-order valence-corrected chi connectivity index (χ0v) is 12.4. The van der Waals surface area contributed by atoms with Gasteiger partial charge in [-0.15, -0.1) is 0 Å². The van der Waals surface area contributed by atoms with Crippen LogP contribution >= 0.6 is 15.9 Å². The highest BCUT2D eigenvalue weighted by Crippen LogP contribution is 2.13. The molecule has 0 atom stereocenters. The third-order valence-corrected chi connectivity index (χ3v) is 3.02. The summed E-state index contributed by atoms with van der Waals surface area (Å²) < 4.78 is 0.800. The predicted octanol–water partition coefficient (Wildman–Crippen LogP) is 3.19. The van der Waals surface area contributed by atoms with Gasteiger partial charge in [-0.05, 0) is 51.8 Å². The number of hydrogen-bond acceptors (Lipinski definition) is 3. The van der Waals surface area contributed by atoms with Gasteiger partial charge in [-0.1, -0.05) is 12.1 Å². The Bertz CT molecular complexity index is 679. The molecular formula is C15H11BrN2O3. The first kappa shape index (κ1) is 14.9. The minimum Gasteiger partial charge on any atom is -0.478 e. The van der Waals surface area contributed by atoms with E-state index in [1.165, 1.54) is 6.08 Å². The minimum atomic E-state index is -1.01. The molecule has 0 unspecified atom stereocenters. The molecule has 1 heterocycles. The van der Waals surface area contributed by atoms with Crippen molar-refractivity contribution in [3.05, 3.63) is 64.4 Å². The summed E-state index contributed by atoms with van der Waals surface area (Å²) in [5.41, 5.74) is 1.66. The molecule has 0 fully saturated rings. The lowest BCUT2D eigenvalue weighted by molar-refractivity contribution is -0.131. The maximum absolute atomic E-state index is 11.9. The summed E-state index contributed by atoms with van der Waals surface area (Å²) in [4.78, 5) is 26.4. The Morgan fingerprint density at radius 3 is 2.43 bits per heavy atom. The zero-order chi connectivity index (χ0) is 15.2. The summed E-state index contributed by atoms with van der Waals surface area (Å²) in [6.45, 7) is 0.